The number of nitrogens with two attached hydrogens (primary N) is 1. The van der Waals surface area contributed by atoms with Crippen LogP contribution in [-0.2, 0) is 31.2 Å². The van der Waals surface area contributed by atoms with E-state index in [0.29, 0.717) is 0 Å². The second kappa shape index (κ2) is 11.2. The number of thiazole rings is 1. The molecule has 204 valence electrons. The van der Waals surface area contributed by atoms with E-state index in [1.54, 1.807) is 0 Å². The van der Waals surface area contributed by atoms with Crippen molar-refractivity contribution < 1.29 is 37.3 Å². The fourth-order valence-electron chi connectivity index (χ4n) is 3.18. The number of aromatic hydroxyl groups is 1. The van der Waals surface area contributed by atoms with Crippen LogP contribution in [0.3, 0.4) is 0 Å². The Hall–Kier alpha value is -4.56. The van der Waals surface area contributed by atoms with E-state index in [1.807, 2.05) is 0 Å². The maximum Gasteiger partial charge on any atom is 0.362 e. The molecule has 1 saturated heterocycles. The van der Waals surface area contributed by atoms with Crippen molar-refractivity contribution in [1.29, 1.82) is 5.41 Å². The van der Waals surface area contributed by atoms with Crippen molar-refractivity contribution in [3.05, 3.63) is 39.3 Å². The lowest BCUT2D eigenvalue weighted by molar-refractivity contribution is -0.145. The molecule has 2 aromatic heterocycles. The molecule has 10 N–H and O–H groups in total. The lowest BCUT2D eigenvalue weighted by Gasteiger charge is -2.44. The van der Waals surface area contributed by atoms with Gasteiger partial charge in [0.05, 0.1) is 19.1 Å². The zero-order chi connectivity index (χ0) is 28.2. The van der Waals surface area contributed by atoms with E-state index in [1.165, 1.54) is 5.38 Å². The highest BCUT2D eigenvalue weighted by molar-refractivity contribution is 7.84. The Kier molecular flexibility index (Phi) is 8.28. The molecule has 20 heteroatoms. The molecule has 0 aliphatic carbocycles. The Morgan fingerprint density at radius 1 is 1.24 bits per heavy atom. The fraction of sp³-hybridized carbons (Fsp3) is 0.278. The maximum atomic E-state index is 12.4. The number of carbonyl (C=O) groups excluding carboxylic acids is 4. The molecule has 1 fully saturated rings. The van der Waals surface area contributed by atoms with Crippen molar-refractivity contribution >= 4 is 56.2 Å². The van der Waals surface area contributed by atoms with E-state index in [-0.39, 0.29) is 27.4 Å². The normalized spacial score (nSPS) is 16.8. The van der Waals surface area contributed by atoms with E-state index in [0.717, 1.165) is 23.6 Å². The standard InChI is InChI=1S/C18H21N9O9S2/c19-13(8-6-37-17(20)25-8)15(31)26-14-9(27(16(14)32)38(34,35)36)3-22-12(30)5-24-18(33)23-2-7-1-10(28)11(29)4-21-7/h1,4,6,9,14,19,29H,2-3,5H2,(H2,20,25)(H,21,28)(H,22,30)(H,26,31)(H2,23,24,33)(H,34,35,36)/t9-,14+/m1/s1. The first-order valence-electron chi connectivity index (χ1n) is 10.4. The van der Waals surface area contributed by atoms with Gasteiger partial charge in [-0.15, -0.1) is 11.3 Å². The van der Waals surface area contributed by atoms with E-state index in [4.69, 9.17) is 11.1 Å². The maximum absolute atomic E-state index is 12.4. The number of pyridine rings is 1. The number of amides is 5. The van der Waals surface area contributed by atoms with Crippen LogP contribution in [0.1, 0.15) is 11.4 Å². The SMILES string of the molecule is N=C(C(=O)N[C@@H]1C(=O)N(S(=O)(=O)O)[C@@H]1CNC(=O)CNC(=O)NCc1cc(=O)c(O)c[nH]1)c1csc(N)n1. The number of urea groups is 1. The van der Waals surface area contributed by atoms with Crippen LogP contribution in [0.5, 0.6) is 5.75 Å². The van der Waals surface area contributed by atoms with E-state index in [9.17, 15) is 42.0 Å². The largest absolute Gasteiger partial charge is 0.503 e. The number of rotatable bonds is 10. The summed E-state index contributed by atoms with van der Waals surface area (Å²) in [7, 11) is -5.04. The van der Waals surface area contributed by atoms with Gasteiger partial charge in [-0.2, -0.15) is 8.42 Å². The van der Waals surface area contributed by atoms with E-state index < -0.39 is 76.1 Å². The Morgan fingerprint density at radius 2 is 1.95 bits per heavy atom. The topological polar surface area (TPSA) is 290 Å². The molecule has 0 spiro atoms. The molecule has 2 atom stereocenters. The number of anilines is 1. The molecule has 38 heavy (non-hydrogen) atoms. The molecule has 0 bridgehead atoms. The summed E-state index contributed by atoms with van der Waals surface area (Å²) in [5.41, 5.74) is 4.35. The predicted molar refractivity (Wildman–Crippen MR) is 129 cm³/mol. The van der Waals surface area contributed by atoms with Crippen LogP contribution in [0.4, 0.5) is 9.93 Å². The number of H-pyrrole nitrogens is 1. The minimum atomic E-state index is -5.04. The van der Waals surface area contributed by atoms with Crippen LogP contribution in [0, 0.1) is 5.41 Å². The second-order valence-corrected chi connectivity index (χ2v) is 9.80. The van der Waals surface area contributed by atoms with Crippen molar-refractivity contribution in [3.8, 4) is 5.75 Å². The summed E-state index contributed by atoms with van der Waals surface area (Å²) < 4.78 is 32.6. The van der Waals surface area contributed by atoms with E-state index in [2.05, 4.69) is 31.2 Å². The van der Waals surface area contributed by atoms with Crippen LogP contribution in [0.15, 0.2) is 22.4 Å². The molecule has 3 rings (SSSR count). The summed E-state index contributed by atoms with van der Waals surface area (Å²) in [5.74, 6) is -3.59. The molecule has 0 saturated carbocycles. The van der Waals surface area contributed by atoms with Crippen LogP contribution in [0.25, 0.3) is 0 Å². The number of nitrogens with one attached hydrogen (secondary N) is 6. The van der Waals surface area contributed by atoms with Crippen molar-refractivity contribution in [2.24, 2.45) is 0 Å². The minimum absolute atomic E-state index is 0.0568. The van der Waals surface area contributed by atoms with Gasteiger partial charge >= 0.3 is 16.3 Å². The summed E-state index contributed by atoms with van der Waals surface area (Å²) in [6, 6.07) is -2.69. The smallest absolute Gasteiger partial charge is 0.362 e. The minimum Gasteiger partial charge on any atom is -0.503 e. The molecule has 5 amide bonds. The van der Waals surface area contributed by atoms with Gasteiger partial charge < -0.3 is 37.1 Å². The average Bonchev–Trinajstić information content (AvgIpc) is 3.28. The van der Waals surface area contributed by atoms with E-state index >= 15 is 0 Å². The molecule has 0 unspecified atom stereocenters. The summed E-state index contributed by atoms with van der Waals surface area (Å²) in [5, 5.41) is 27.4. The summed E-state index contributed by atoms with van der Waals surface area (Å²) in [6.45, 7) is -1.28. The summed E-state index contributed by atoms with van der Waals surface area (Å²) >= 11 is 0.968. The number of nitrogen functional groups attached to an aromatic ring is 1. The lowest BCUT2D eigenvalue weighted by Crippen LogP contribution is -2.74. The highest BCUT2D eigenvalue weighted by Crippen LogP contribution is 2.23. The molecule has 0 radical (unpaired) electrons. The second-order valence-electron chi connectivity index (χ2n) is 7.62. The number of aromatic amines is 1. The van der Waals surface area contributed by atoms with Gasteiger partial charge in [-0.25, -0.2) is 14.1 Å². The summed E-state index contributed by atoms with van der Waals surface area (Å²) in [4.78, 5) is 66.3. The molecule has 0 aromatic carbocycles. The number of aromatic nitrogens is 2. The lowest BCUT2D eigenvalue weighted by atomic mass is 9.98. The molecule has 2 aromatic rings. The van der Waals surface area contributed by atoms with Crippen LogP contribution < -0.4 is 32.4 Å². The quantitative estimate of drug-likeness (QED) is 0.0769. The van der Waals surface area contributed by atoms with Crippen LogP contribution in [-0.4, -0.2) is 87.0 Å². The van der Waals surface area contributed by atoms with Crippen LogP contribution in [0.2, 0.25) is 0 Å². The molecule has 1 aliphatic heterocycles. The van der Waals surface area contributed by atoms with Gasteiger partial charge in [0.2, 0.25) is 11.3 Å². The number of carbonyl (C=O) groups is 4. The zero-order valence-corrected chi connectivity index (χ0v) is 20.7. The van der Waals surface area contributed by atoms with Gasteiger partial charge in [-0.05, 0) is 0 Å². The van der Waals surface area contributed by atoms with Gasteiger partial charge in [0.15, 0.2) is 10.9 Å². The first-order chi connectivity index (χ1) is 17.8. The van der Waals surface area contributed by atoms with Gasteiger partial charge in [0.1, 0.15) is 17.4 Å². The molecular formula is C18H21N9O9S2. The third kappa shape index (κ3) is 6.60. The van der Waals surface area contributed by atoms with Gasteiger partial charge in [-0.3, -0.25) is 29.1 Å². The van der Waals surface area contributed by atoms with Crippen molar-refractivity contribution in [2.45, 2.75) is 18.6 Å². The first kappa shape index (κ1) is 28.0. The molecule has 1 aliphatic rings. The number of hydrogen-bond donors (Lipinski definition) is 9. The number of nitrogens with zero attached hydrogens (tertiary/aromatic N) is 2. The highest BCUT2D eigenvalue weighted by atomic mass is 32.2. The third-order valence-electron chi connectivity index (χ3n) is 5.02. The van der Waals surface area contributed by atoms with Gasteiger partial charge in [0.25, 0.3) is 11.8 Å². The number of hydrogen-bond acceptors (Lipinski definition) is 12. The Balaban J connectivity index is 1.52. The Bertz CT molecular complexity index is 1450. The van der Waals surface area contributed by atoms with Crippen molar-refractivity contribution in [2.75, 3.05) is 18.8 Å². The monoisotopic (exact) mass is 571 g/mol. The zero-order valence-electron chi connectivity index (χ0n) is 19.0. The van der Waals surface area contributed by atoms with Gasteiger partial charge in [0, 0.05) is 29.9 Å². The first-order valence-corrected chi connectivity index (χ1v) is 12.7. The Labute approximate surface area is 217 Å². The highest BCUT2D eigenvalue weighted by Gasteiger charge is 2.54. The average molecular weight is 572 g/mol. The predicted octanol–water partition coefficient (Wildman–Crippen LogP) is -3.40. The van der Waals surface area contributed by atoms with Crippen molar-refractivity contribution in [3.63, 3.8) is 0 Å². The molecular weight excluding hydrogens is 550 g/mol. The summed E-state index contributed by atoms with van der Waals surface area (Å²) in [6.07, 6.45) is 1.04. The Morgan fingerprint density at radius 3 is 2.55 bits per heavy atom. The van der Waals surface area contributed by atoms with Crippen LogP contribution >= 0.6 is 11.3 Å². The molecule has 3 heterocycles. The van der Waals surface area contributed by atoms with Gasteiger partial charge in [-0.1, -0.05) is 0 Å². The van der Waals surface area contributed by atoms with Crippen molar-refractivity contribution in [1.82, 2.24) is 35.5 Å². The number of β-lactam (4-membered cyclic amide) rings is 1. The third-order valence-corrected chi connectivity index (χ3v) is 6.64. The fourth-order valence-corrected chi connectivity index (χ4v) is 4.61. The molecule has 18 nitrogen and oxygen atoms in total.